The molecule has 3 fully saturated rings. The molecule has 1 aromatic heterocycles. The molecule has 4 aliphatic rings. The third kappa shape index (κ3) is 5.17. The molecule has 3 aliphatic heterocycles. The molecule has 0 bridgehead atoms. The Hall–Kier alpha value is -4.09. The summed E-state index contributed by atoms with van der Waals surface area (Å²) in [5, 5.41) is 13.1. The van der Waals surface area contributed by atoms with Gasteiger partial charge in [0.1, 0.15) is 18.2 Å². The summed E-state index contributed by atoms with van der Waals surface area (Å²) < 4.78 is 6.48. The van der Waals surface area contributed by atoms with E-state index in [4.69, 9.17) is 9.72 Å². The highest BCUT2D eigenvalue weighted by Gasteiger charge is 2.42. The third-order valence-electron chi connectivity index (χ3n) is 10.3. The Morgan fingerprint density at radius 3 is 2.66 bits per heavy atom. The Labute approximate surface area is 260 Å². The Morgan fingerprint density at radius 1 is 1.11 bits per heavy atom. The number of rotatable bonds is 7. The van der Waals surface area contributed by atoms with Crippen molar-refractivity contribution in [3.05, 3.63) is 71.4 Å². The van der Waals surface area contributed by atoms with Crippen LogP contribution in [0.3, 0.4) is 0 Å². The average Bonchev–Trinajstić information content (AvgIpc) is 3.82. The van der Waals surface area contributed by atoms with Gasteiger partial charge in [0.2, 0.25) is 11.8 Å². The Kier molecular flexibility index (Phi) is 7.67. The number of amides is 1. The van der Waals surface area contributed by atoms with Crippen LogP contribution in [0.5, 0.6) is 5.88 Å². The largest absolute Gasteiger partial charge is 0.475 e. The van der Waals surface area contributed by atoms with E-state index < -0.39 is 0 Å². The molecule has 0 N–H and O–H groups in total. The minimum Gasteiger partial charge on any atom is -0.475 e. The van der Waals surface area contributed by atoms with Crippen molar-refractivity contribution < 1.29 is 9.53 Å². The predicted molar refractivity (Wildman–Crippen MR) is 174 cm³/mol. The van der Waals surface area contributed by atoms with Crippen molar-refractivity contribution in [2.75, 3.05) is 56.2 Å². The summed E-state index contributed by atoms with van der Waals surface area (Å²) in [5.74, 6) is 0.957. The van der Waals surface area contributed by atoms with Crippen molar-refractivity contribution >= 4 is 28.1 Å². The van der Waals surface area contributed by atoms with E-state index in [0.29, 0.717) is 56.2 Å². The third-order valence-corrected chi connectivity index (χ3v) is 10.3. The maximum absolute atomic E-state index is 12.8. The van der Waals surface area contributed by atoms with E-state index in [1.54, 1.807) is 0 Å². The monoisotopic (exact) mass is 590 g/mol. The first-order valence-electron chi connectivity index (χ1n) is 16.2. The Morgan fingerprint density at radius 2 is 1.93 bits per heavy atom. The highest BCUT2D eigenvalue weighted by atomic mass is 16.5. The Balaban J connectivity index is 1.28. The summed E-state index contributed by atoms with van der Waals surface area (Å²) in [6.45, 7) is 11.0. The first-order valence-corrected chi connectivity index (χ1v) is 16.2. The van der Waals surface area contributed by atoms with E-state index in [1.807, 2.05) is 4.90 Å². The highest BCUT2D eigenvalue weighted by molar-refractivity contribution is 5.97. The van der Waals surface area contributed by atoms with Gasteiger partial charge in [-0.1, -0.05) is 36.9 Å². The fraction of sp³-hybridized carbons (Fsp3) is 0.472. The summed E-state index contributed by atoms with van der Waals surface area (Å²) >= 11 is 0. The van der Waals surface area contributed by atoms with Gasteiger partial charge in [0, 0.05) is 48.9 Å². The first-order chi connectivity index (χ1) is 21.5. The molecule has 228 valence electrons. The second-order valence-electron chi connectivity index (χ2n) is 13.0. The lowest BCUT2D eigenvalue weighted by Crippen LogP contribution is -2.56. The summed E-state index contributed by atoms with van der Waals surface area (Å²) in [5.41, 5.74) is 6.13. The van der Waals surface area contributed by atoms with Crippen molar-refractivity contribution in [3.8, 4) is 11.9 Å². The van der Waals surface area contributed by atoms with Gasteiger partial charge in [-0.15, -0.1) is 0 Å². The van der Waals surface area contributed by atoms with Crippen LogP contribution in [0, 0.1) is 24.2 Å². The van der Waals surface area contributed by atoms with Crippen molar-refractivity contribution in [1.29, 1.82) is 5.26 Å². The number of benzene rings is 2. The molecular formula is C36H42N6O2. The molecule has 2 saturated heterocycles. The number of pyridine rings is 1. The first kappa shape index (κ1) is 28.7. The molecule has 0 radical (unpaired) electrons. The zero-order valence-corrected chi connectivity index (χ0v) is 26.0. The number of nitrogens with zero attached hydrogens (tertiary/aromatic N) is 6. The molecule has 7 rings (SSSR count). The molecule has 1 unspecified atom stereocenters. The van der Waals surface area contributed by atoms with Gasteiger partial charge >= 0.3 is 0 Å². The van der Waals surface area contributed by atoms with Crippen molar-refractivity contribution in [2.45, 2.75) is 57.7 Å². The molecule has 0 spiro atoms. The molecule has 2 aromatic carbocycles. The molecule has 8 nitrogen and oxygen atoms in total. The summed E-state index contributed by atoms with van der Waals surface area (Å²) in [4.78, 5) is 27.0. The van der Waals surface area contributed by atoms with Crippen LogP contribution >= 0.6 is 0 Å². The smallest absolute Gasteiger partial charge is 0.246 e. The van der Waals surface area contributed by atoms with Gasteiger partial charge in [-0.05, 0) is 81.6 Å². The lowest BCUT2D eigenvalue weighted by atomic mass is 9.95. The molecule has 1 aliphatic carbocycles. The maximum atomic E-state index is 12.8. The normalized spacial score (nSPS) is 22.2. The fourth-order valence-corrected chi connectivity index (χ4v) is 7.72. The van der Waals surface area contributed by atoms with Gasteiger partial charge in [-0.25, -0.2) is 4.98 Å². The second-order valence-corrected chi connectivity index (χ2v) is 13.0. The van der Waals surface area contributed by atoms with E-state index in [-0.39, 0.29) is 11.9 Å². The standard InChI is InChI=1S/C36H42N6O2/c1-4-33(43)42-19-18-41(22-32(42)25-13-14-25)35-28-15-17-40(31-12-6-10-26-9-5-8-24(2)34(26)31)21-30(28)38-36(29(35)20-37)44-23-27-11-7-16-39(27)3/h4-6,8-10,12,25,27,32H,1,7,11,13-19,21-23H2,2-3H3/t27-,32?/m0/s1. The molecule has 1 saturated carbocycles. The van der Waals surface area contributed by atoms with Crippen LogP contribution in [0.2, 0.25) is 0 Å². The number of nitriles is 1. The van der Waals surface area contributed by atoms with Crippen LogP contribution in [0.1, 0.15) is 48.1 Å². The van der Waals surface area contributed by atoms with Crippen molar-refractivity contribution in [2.24, 2.45) is 5.92 Å². The molecule has 4 heterocycles. The lowest BCUT2D eigenvalue weighted by molar-refractivity contribution is -0.129. The maximum Gasteiger partial charge on any atom is 0.246 e. The topological polar surface area (TPSA) is 75.9 Å². The van der Waals surface area contributed by atoms with E-state index in [1.165, 1.54) is 28.1 Å². The number of carbonyl (C=O) groups excluding carboxylic acids is 1. The molecular weight excluding hydrogens is 548 g/mol. The number of hydrogen-bond acceptors (Lipinski definition) is 7. The van der Waals surface area contributed by atoms with Crippen molar-refractivity contribution in [1.82, 2.24) is 14.8 Å². The SMILES string of the molecule is C=CC(=O)N1CCN(c2c(C#N)c(OC[C@@H]3CCCN3C)nc3c2CCN(c2cccc4cccc(C)c24)C3)CC1C1CC1. The molecule has 1 amide bonds. The number of anilines is 2. The molecule has 2 atom stereocenters. The minimum absolute atomic E-state index is 0.00421. The van der Waals surface area contributed by atoms with E-state index >= 15 is 0 Å². The van der Waals surface area contributed by atoms with Crippen LogP contribution in [0.25, 0.3) is 10.8 Å². The van der Waals surface area contributed by atoms with Crippen LogP contribution < -0.4 is 14.5 Å². The van der Waals surface area contributed by atoms with Crippen molar-refractivity contribution in [3.63, 3.8) is 0 Å². The number of piperazine rings is 1. The Bertz CT molecular complexity index is 1640. The summed E-state index contributed by atoms with van der Waals surface area (Å²) in [6.07, 6.45) is 6.76. The molecule has 44 heavy (non-hydrogen) atoms. The van der Waals surface area contributed by atoms with Crippen LogP contribution in [-0.2, 0) is 17.8 Å². The van der Waals surface area contributed by atoms with Gasteiger partial charge in [0.05, 0.1) is 24.0 Å². The highest BCUT2D eigenvalue weighted by Crippen LogP contribution is 2.42. The number of hydrogen-bond donors (Lipinski definition) is 0. The number of fused-ring (bicyclic) bond motifs is 2. The fourth-order valence-electron chi connectivity index (χ4n) is 7.72. The zero-order valence-electron chi connectivity index (χ0n) is 26.0. The minimum atomic E-state index is 0.00421. The number of likely N-dealkylation sites (N-methyl/N-ethyl adjacent to an activating group) is 1. The number of aromatic nitrogens is 1. The van der Waals surface area contributed by atoms with Crippen LogP contribution in [-0.4, -0.2) is 79.2 Å². The summed E-state index contributed by atoms with van der Waals surface area (Å²) in [7, 11) is 2.14. The van der Waals surface area contributed by atoms with Gasteiger partial charge in [-0.3, -0.25) is 4.79 Å². The van der Waals surface area contributed by atoms with E-state index in [9.17, 15) is 10.1 Å². The lowest BCUT2D eigenvalue weighted by Gasteiger charge is -2.44. The number of ether oxygens (including phenoxy) is 1. The zero-order chi connectivity index (χ0) is 30.4. The number of carbonyl (C=O) groups is 1. The molecule has 3 aromatic rings. The molecule has 8 heteroatoms. The quantitative estimate of drug-likeness (QED) is 0.356. The number of likely N-dealkylation sites (tertiary alicyclic amines) is 1. The predicted octanol–water partition coefficient (Wildman–Crippen LogP) is 5.06. The summed E-state index contributed by atoms with van der Waals surface area (Å²) in [6, 6.07) is 16.0. The van der Waals surface area contributed by atoms with E-state index in [0.717, 1.165) is 62.1 Å². The second kappa shape index (κ2) is 11.8. The van der Waals surface area contributed by atoms with Crippen LogP contribution in [0.4, 0.5) is 11.4 Å². The van der Waals surface area contributed by atoms with Gasteiger partial charge in [-0.2, -0.15) is 5.26 Å². The average molecular weight is 591 g/mol. The van der Waals surface area contributed by atoms with Crippen LogP contribution in [0.15, 0.2) is 49.1 Å². The van der Waals surface area contributed by atoms with Gasteiger partial charge in [0.15, 0.2) is 0 Å². The van der Waals surface area contributed by atoms with Gasteiger partial charge in [0.25, 0.3) is 0 Å². The van der Waals surface area contributed by atoms with E-state index in [2.05, 4.69) is 77.7 Å². The van der Waals surface area contributed by atoms with Gasteiger partial charge < -0.3 is 24.3 Å². The number of aryl methyl sites for hydroxylation is 1.